The summed E-state index contributed by atoms with van der Waals surface area (Å²) in [5.74, 6) is 1.42. The van der Waals surface area contributed by atoms with Crippen molar-refractivity contribution in [1.82, 2.24) is 0 Å². The Balaban J connectivity index is 1.94. The third-order valence-corrected chi connectivity index (χ3v) is 2.62. The molecule has 2 aromatic carbocycles. The topological polar surface area (TPSA) is 64.4 Å². The second kappa shape index (κ2) is 6.73. The maximum Gasteiger partial charge on any atom is 0.225 e. The molecule has 4 nitrogen and oxygen atoms in total. The average Bonchev–Trinajstić information content (AvgIpc) is 2.41. The summed E-state index contributed by atoms with van der Waals surface area (Å²) in [6, 6.07) is 16.6. The fraction of sp³-hybridized carbons (Fsp3) is 0.188. The molecule has 2 aromatic rings. The first-order valence-electron chi connectivity index (χ1n) is 6.52. The smallest absolute Gasteiger partial charge is 0.225 e. The number of anilines is 1. The van der Waals surface area contributed by atoms with Crippen molar-refractivity contribution in [3.8, 4) is 11.5 Å². The lowest BCUT2D eigenvalue weighted by atomic mass is 10.2. The molecule has 104 valence electrons. The molecule has 0 saturated carbocycles. The molecule has 1 unspecified atom stereocenters. The fourth-order valence-electron chi connectivity index (χ4n) is 1.74. The van der Waals surface area contributed by atoms with E-state index in [4.69, 9.17) is 10.5 Å². The Hall–Kier alpha value is -2.33. The Bertz CT molecular complexity index is 550. The Labute approximate surface area is 118 Å². The average molecular weight is 270 g/mol. The molecular weight excluding hydrogens is 252 g/mol. The summed E-state index contributed by atoms with van der Waals surface area (Å²) in [6.45, 7) is 1.80. The van der Waals surface area contributed by atoms with Crippen LogP contribution in [-0.4, -0.2) is 11.9 Å². The molecule has 3 N–H and O–H groups in total. The van der Waals surface area contributed by atoms with E-state index in [0.29, 0.717) is 6.42 Å². The van der Waals surface area contributed by atoms with E-state index in [9.17, 15) is 4.79 Å². The molecule has 0 radical (unpaired) electrons. The molecule has 20 heavy (non-hydrogen) atoms. The minimum atomic E-state index is -0.143. The van der Waals surface area contributed by atoms with Gasteiger partial charge in [0.1, 0.15) is 11.5 Å². The van der Waals surface area contributed by atoms with Crippen LogP contribution in [0.2, 0.25) is 0 Å². The molecule has 0 bridgehead atoms. The van der Waals surface area contributed by atoms with Crippen molar-refractivity contribution in [1.29, 1.82) is 0 Å². The van der Waals surface area contributed by atoms with E-state index in [1.165, 1.54) is 0 Å². The quantitative estimate of drug-likeness (QED) is 0.877. The highest BCUT2D eigenvalue weighted by Gasteiger charge is 2.05. The van der Waals surface area contributed by atoms with Crippen LogP contribution in [0, 0.1) is 0 Å². The number of hydrogen-bond acceptors (Lipinski definition) is 3. The van der Waals surface area contributed by atoms with Gasteiger partial charge in [-0.25, -0.2) is 0 Å². The van der Waals surface area contributed by atoms with Crippen LogP contribution in [0.25, 0.3) is 0 Å². The lowest BCUT2D eigenvalue weighted by Crippen LogP contribution is -2.23. The van der Waals surface area contributed by atoms with Gasteiger partial charge >= 0.3 is 0 Å². The number of rotatable bonds is 5. The van der Waals surface area contributed by atoms with Crippen molar-refractivity contribution in [2.24, 2.45) is 5.73 Å². The fourth-order valence-corrected chi connectivity index (χ4v) is 1.74. The van der Waals surface area contributed by atoms with Crippen LogP contribution in [0.3, 0.4) is 0 Å². The Kier molecular flexibility index (Phi) is 4.74. The van der Waals surface area contributed by atoms with Gasteiger partial charge in [0.25, 0.3) is 0 Å². The van der Waals surface area contributed by atoms with Crippen molar-refractivity contribution in [3.63, 3.8) is 0 Å². The Morgan fingerprint density at radius 3 is 2.30 bits per heavy atom. The van der Waals surface area contributed by atoms with Gasteiger partial charge in [-0.3, -0.25) is 4.79 Å². The molecule has 0 heterocycles. The second-order valence-electron chi connectivity index (χ2n) is 4.67. The number of ether oxygens (including phenoxy) is 1. The van der Waals surface area contributed by atoms with Gasteiger partial charge < -0.3 is 15.8 Å². The number of nitrogens with one attached hydrogen (secondary N) is 1. The van der Waals surface area contributed by atoms with Crippen LogP contribution in [0.15, 0.2) is 54.6 Å². The summed E-state index contributed by atoms with van der Waals surface area (Å²) >= 11 is 0. The van der Waals surface area contributed by atoms with Gasteiger partial charge in [0.15, 0.2) is 0 Å². The summed E-state index contributed by atoms with van der Waals surface area (Å²) in [5.41, 5.74) is 6.31. The van der Waals surface area contributed by atoms with Crippen molar-refractivity contribution in [3.05, 3.63) is 54.6 Å². The summed E-state index contributed by atoms with van der Waals surface area (Å²) in [4.78, 5) is 11.6. The first-order chi connectivity index (χ1) is 9.63. The maximum atomic E-state index is 11.6. The van der Waals surface area contributed by atoms with E-state index >= 15 is 0 Å². The van der Waals surface area contributed by atoms with E-state index in [1.54, 1.807) is 19.1 Å². The molecule has 0 aliphatic rings. The van der Waals surface area contributed by atoms with E-state index in [-0.39, 0.29) is 11.9 Å². The molecule has 0 fully saturated rings. The Morgan fingerprint density at radius 1 is 1.10 bits per heavy atom. The number of carbonyl (C=O) groups excluding carboxylic acids is 1. The lowest BCUT2D eigenvalue weighted by molar-refractivity contribution is -0.116. The van der Waals surface area contributed by atoms with E-state index in [1.807, 2.05) is 42.5 Å². The molecule has 1 atom stereocenters. The van der Waals surface area contributed by atoms with Crippen LogP contribution in [-0.2, 0) is 4.79 Å². The summed E-state index contributed by atoms with van der Waals surface area (Å²) in [5, 5.41) is 2.79. The van der Waals surface area contributed by atoms with Gasteiger partial charge in [-0.1, -0.05) is 18.2 Å². The minimum absolute atomic E-state index is 0.0864. The van der Waals surface area contributed by atoms with Crippen LogP contribution in [0.5, 0.6) is 11.5 Å². The summed E-state index contributed by atoms with van der Waals surface area (Å²) in [7, 11) is 0. The normalized spacial score (nSPS) is 11.7. The molecule has 2 rings (SSSR count). The Morgan fingerprint density at radius 2 is 1.70 bits per heavy atom. The van der Waals surface area contributed by atoms with Crippen LogP contribution >= 0.6 is 0 Å². The van der Waals surface area contributed by atoms with E-state index in [2.05, 4.69) is 5.32 Å². The van der Waals surface area contributed by atoms with Gasteiger partial charge in [-0.2, -0.15) is 0 Å². The molecule has 0 saturated heterocycles. The molecule has 0 aliphatic carbocycles. The van der Waals surface area contributed by atoms with Crippen molar-refractivity contribution in [2.75, 3.05) is 5.32 Å². The minimum Gasteiger partial charge on any atom is -0.457 e. The van der Waals surface area contributed by atoms with Crippen LogP contribution < -0.4 is 15.8 Å². The highest BCUT2D eigenvalue weighted by Crippen LogP contribution is 2.22. The number of nitrogens with two attached hydrogens (primary N) is 1. The summed E-state index contributed by atoms with van der Waals surface area (Å²) < 4.78 is 5.67. The first kappa shape index (κ1) is 14.1. The second-order valence-corrected chi connectivity index (χ2v) is 4.67. The standard InChI is InChI=1S/C16H18N2O2/c1-12(17)11-16(19)18-13-7-9-15(10-8-13)20-14-5-3-2-4-6-14/h2-10,12H,11,17H2,1H3,(H,18,19). The van der Waals surface area contributed by atoms with E-state index < -0.39 is 0 Å². The molecular formula is C16H18N2O2. The van der Waals surface area contributed by atoms with Crippen molar-refractivity contribution >= 4 is 11.6 Å². The zero-order chi connectivity index (χ0) is 14.4. The van der Waals surface area contributed by atoms with Gasteiger partial charge in [0, 0.05) is 18.2 Å². The third kappa shape index (κ3) is 4.40. The monoisotopic (exact) mass is 270 g/mol. The highest BCUT2D eigenvalue weighted by atomic mass is 16.5. The van der Waals surface area contributed by atoms with Crippen LogP contribution in [0.1, 0.15) is 13.3 Å². The van der Waals surface area contributed by atoms with Crippen molar-refractivity contribution < 1.29 is 9.53 Å². The predicted molar refractivity (Wildman–Crippen MR) is 79.9 cm³/mol. The number of amides is 1. The van der Waals surface area contributed by atoms with Crippen molar-refractivity contribution in [2.45, 2.75) is 19.4 Å². The van der Waals surface area contributed by atoms with Gasteiger partial charge in [-0.05, 0) is 43.3 Å². The molecule has 0 aliphatic heterocycles. The van der Waals surface area contributed by atoms with E-state index in [0.717, 1.165) is 17.2 Å². The van der Waals surface area contributed by atoms with Gasteiger partial charge in [-0.15, -0.1) is 0 Å². The molecule has 4 heteroatoms. The number of para-hydroxylation sites is 1. The largest absolute Gasteiger partial charge is 0.457 e. The SMILES string of the molecule is CC(N)CC(=O)Nc1ccc(Oc2ccccc2)cc1. The predicted octanol–water partition coefficient (Wildman–Crippen LogP) is 3.15. The first-order valence-corrected chi connectivity index (χ1v) is 6.52. The molecule has 0 aromatic heterocycles. The zero-order valence-corrected chi connectivity index (χ0v) is 11.4. The molecule has 0 spiro atoms. The third-order valence-electron chi connectivity index (χ3n) is 2.62. The highest BCUT2D eigenvalue weighted by molar-refractivity contribution is 5.91. The van der Waals surface area contributed by atoms with Gasteiger partial charge in [0.05, 0.1) is 0 Å². The zero-order valence-electron chi connectivity index (χ0n) is 11.4. The lowest BCUT2D eigenvalue weighted by Gasteiger charge is -2.09. The van der Waals surface area contributed by atoms with Gasteiger partial charge in [0.2, 0.25) is 5.91 Å². The van der Waals surface area contributed by atoms with Crippen LogP contribution in [0.4, 0.5) is 5.69 Å². The molecule has 1 amide bonds. The maximum absolute atomic E-state index is 11.6. The number of benzene rings is 2. The summed E-state index contributed by atoms with van der Waals surface area (Å²) in [6.07, 6.45) is 0.308. The number of hydrogen-bond donors (Lipinski definition) is 2. The number of carbonyl (C=O) groups is 1.